The molecule has 0 aliphatic heterocycles. The molecule has 0 amide bonds. The van der Waals surface area contributed by atoms with Crippen LogP contribution in [0, 0.1) is 12.8 Å². The summed E-state index contributed by atoms with van der Waals surface area (Å²) < 4.78 is 5.38. The first kappa shape index (κ1) is 14.6. The fourth-order valence-corrected chi connectivity index (χ4v) is 3.36. The Hall–Kier alpha value is -1.33. The SMILES string of the molecule is CNC(Cc1nc(CSc2ccccc2C)no1)C1CC1. The van der Waals surface area contributed by atoms with Crippen LogP contribution in [0.2, 0.25) is 0 Å². The Morgan fingerprint density at radius 1 is 1.38 bits per heavy atom. The van der Waals surface area contributed by atoms with E-state index in [1.165, 1.54) is 23.3 Å². The van der Waals surface area contributed by atoms with E-state index < -0.39 is 0 Å². The number of aryl methyl sites for hydroxylation is 1. The first-order valence-corrected chi connectivity index (χ1v) is 8.42. The zero-order valence-corrected chi connectivity index (χ0v) is 13.3. The van der Waals surface area contributed by atoms with E-state index in [1.54, 1.807) is 11.8 Å². The molecule has 0 radical (unpaired) electrons. The summed E-state index contributed by atoms with van der Waals surface area (Å²) in [5.74, 6) is 3.07. The number of nitrogens with zero attached hydrogens (tertiary/aromatic N) is 2. The maximum Gasteiger partial charge on any atom is 0.228 e. The van der Waals surface area contributed by atoms with Crippen molar-refractivity contribution in [3.05, 3.63) is 41.5 Å². The average Bonchev–Trinajstić information content (AvgIpc) is 3.24. The number of thioether (sulfide) groups is 1. The van der Waals surface area contributed by atoms with Gasteiger partial charge in [-0.05, 0) is 44.4 Å². The number of likely N-dealkylation sites (N-methyl/N-ethyl adjacent to an activating group) is 1. The van der Waals surface area contributed by atoms with Crippen LogP contribution >= 0.6 is 11.8 Å². The fraction of sp³-hybridized carbons (Fsp3) is 0.500. The van der Waals surface area contributed by atoms with Crippen LogP contribution in [-0.4, -0.2) is 23.2 Å². The molecule has 1 aromatic heterocycles. The van der Waals surface area contributed by atoms with E-state index >= 15 is 0 Å². The van der Waals surface area contributed by atoms with Crippen LogP contribution < -0.4 is 5.32 Å². The molecule has 1 aliphatic carbocycles. The second-order valence-electron chi connectivity index (χ2n) is 5.60. The minimum atomic E-state index is 0.474. The molecule has 0 spiro atoms. The Morgan fingerprint density at radius 3 is 2.90 bits per heavy atom. The van der Waals surface area contributed by atoms with Gasteiger partial charge in [0.15, 0.2) is 5.82 Å². The highest BCUT2D eigenvalue weighted by molar-refractivity contribution is 7.98. The predicted molar refractivity (Wildman–Crippen MR) is 84.3 cm³/mol. The van der Waals surface area contributed by atoms with Crippen molar-refractivity contribution in [2.24, 2.45) is 5.92 Å². The monoisotopic (exact) mass is 303 g/mol. The van der Waals surface area contributed by atoms with E-state index in [0.717, 1.165) is 29.8 Å². The zero-order valence-electron chi connectivity index (χ0n) is 12.5. The third-order valence-corrected chi connectivity index (χ3v) is 5.09. The van der Waals surface area contributed by atoms with Gasteiger partial charge in [-0.25, -0.2) is 0 Å². The largest absolute Gasteiger partial charge is 0.339 e. The van der Waals surface area contributed by atoms with E-state index in [4.69, 9.17) is 4.52 Å². The van der Waals surface area contributed by atoms with Gasteiger partial charge in [-0.2, -0.15) is 4.98 Å². The van der Waals surface area contributed by atoms with Crippen LogP contribution in [0.3, 0.4) is 0 Å². The molecule has 1 aliphatic rings. The molecular weight excluding hydrogens is 282 g/mol. The molecular formula is C16H21N3OS. The molecule has 0 saturated heterocycles. The molecule has 1 heterocycles. The van der Waals surface area contributed by atoms with Crippen LogP contribution in [0.1, 0.15) is 30.1 Å². The molecule has 1 aromatic carbocycles. The molecule has 112 valence electrons. The van der Waals surface area contributed by atoms with Crippen molar-refractivity contribution in [3.63, 3.8) is 0 Å². The van der Waals surface area contributed by atoms with E-state index in [2.05, 4.69) is 46.6 Å². The van der Waals surface area contributed by atoms with E-state index in [9.17, 15) is 0 Å². The molecule has 1 unspecified atom stereocenters. The molecule has 1 saturated carbocycles. The lowest BCUT2D eigenvalue weighted by molar-refractivity contribution is 0.349. The Morgan fingerprint density at radius 2 is 2.19 bits per heavy atom. The van der Waals surface area contributed by atoms with E-state index in [1.807, 2.05) is 7.05 Å². The van der Waals surface area contributed by atoms with Crippen LogP contribution in [0.4, 0.5) is 0 Å². The maximum atomic E-state index is 5.38. The summed E-state index contributed by atoms with van der Waals surface area (Å²) in [5, 5.41) is 7.45. The Balaban J connectivity index is 1.56. The summed E-state index contributed by atoms with van der Waals surface area (Å²) in [5.41, 5.74) is 1.29. The number of hydrogen-bond acceptors (Lipinski definition) is 5. The van der Waals surface area contributed by atoms with Gasteiger partial charge in [0.05, 0.1) is 5.75 Å². The van der Waals surface area contributed by atoms with Crippen LogP contribution in [-0.2, 0) is 12.2 Å². The second-order valence-corrected chi connectivity index (χ2v) is 6.61. The van der Waals surface area contributed by atoms with Gasteiger partial charge in [0.1, 0.15) is 0 Å². The van der Waals surface area contributed by atoms with Crippen LogP contribution in [0.25, 0.3) is 0 Å². The molecule has 21 heavy (non-hydrogen) atoms. The summed E-state index contributed by atoms with van der Waals surface area (Å²) >= 11 is 1.76. The van der Waals surface area contributed by atoms with Crippen molar-refractivity contribution in [1.29, 1.82) is 0 Å². The molecule has 1 fully saturated rings. The molecule has 1 N–H and O–H groups in total. The third kappa shape index (κ3) is 3.86. The number of nitrogens with one attached hydrogen (secondary N) is 1. The molecule has 1 atom stereocenters. The van der Waals surface area contributed by atoms with Gasteiger partial charge in [0.25, 0.3) is 0 Å². The van der Waals surface area contributed by atoms with Gasteiger partial charge in [-0.3, -0.25) is 0 Å². The van der Waals surface area contributed by atoms with E-state index in [0.29, 0.717) is 6.04 Å². The molecule has 4 nitrogen and oxygen atoms in total. The first-order chi connectivity index (χ1) is 10.3. The molecule has 3 rings (SSSR count). The minimum absolute atomic E-state index is 0.474. The maximum absolute atomic E-state index is 5.38. The van der Waals surface area contributed by atoms with Crippen molar-refractivity contribution < 1.29 is 4.52 Å². The zero-order chi connectivity index (χ0) is 14.7. The quantitative estimate of drug-likeness (QED) is 0.796. The molecule has 2 aromatic rings. The standard InChI is InChI=1S/C16H21N3OS/c1-11-5-3-4-6-14(11)21-10-15-18-16(20-19-15)9-13(17-2)12-7-8-12/h3-6,12-13,17H,7-10H2,1-2H3. The van der Waals surface area contributed by atoms with Gasteiger partial charge in [-0.1, -0.05) is 23.4 Å². The smallest absolute Gasteiger partial charge is 0.228 e. The topological polar surface area (TPSA) is 51.0 Å². The second kappa shape index (κ2) is 6.62. The summed E-state index contributed by atoms with van der Waals surface area (Å²) in [7, 11) is 2.01. The van der Waals surface area contributed by atoms with Gasteiger partial charge in [-0.15, -0.1) is 11.8 Å². The van der Waals surface area contributed by atoms with Crippen molar-refractivity contribution in [3.8, 4) is 0 Å². The molecule has 5 heteroatoms. The Kier molecular flexibility index (Phi) is 4.60. The number of rotatable bonds is 7. The lowest BCUT2D eigenvalue weighted by Crippen LogP contribution is -2.29. The number of hydrogen-bond donors (Lipinski definition) is 1. The fourth-order valence-electron chi connectivity index (χ4n) is 2.48. The van der Waals surface area contributed by atoms with Crippen molar-refractivity contribution in [1.82, 2.24) is 15.5 Å². The van der Waals surface area contributed by atoms with Gasteiger partial charge < -0.3 is 9.84 Å². The number of benzene rings is 1. The van der Waals surface area contributed by atoms with Crippen molar-refractivity contribution in [2.45, 2.75) is 42.9 Å². The Labute approximate surface area is 129 Å². The summed E-state index contributed by atoms with van der Waals surface area (Å²) in [6, 6.07) is 8.84. The van der Waals surface area contributed by atoms with Gasteiger partial charge >= 0.3 is 0 Å². The summed E-state index contributed by atoms with van der Waals surface area (Å²) in [4.78, 5) is 5.79. The van der Waals surface area contributed by atoms with Crippen LogP contribution in [0.15, 0.2) is 33.7 Å². The summed E-state index contributed by atoms with van der Waals surface area (Å²) in [6.07, 6.45) is 3.47. The normalized spacial score (nSPS) is 16.1. The van der Waals surface area contributed by atoms with Crippen molar-refractivity contribution in [2.75, 3.05) is 7.05 Å². The van der Waals surface area contributed by atoms with Gasteiger partial charge in [0.2, 0.25) is 5.89 Å². The lowest BCUT2D eigenvalue weighted by atomic mass is 10.1. The average molecular weight is 303 g/mol. The van der Waals surface area contributed by atoms with Crippen molar-refractivity contribution >= 4 is 11.8 Å². The highest BCUT2D eigenvalue weighted by Gasteiger charge is 2.31. The number of aromatic nitrogens is 2. The molecule has 0 bridgehead atoms. The lowest BCUT2D eigenvalue weighted by Gasteiger charge is -2.11. The first-order valence-electron chi connectivity index (χ1n) is 7.43. The predicted octanol–water partition coefficient (Wildman–Crippen LogP) is 3.21. The summed E-state index contributed by atoms with van der Waals surface area (Å²) in [6.45, 7) is 2.12. The third-order valence-electron chi connectivity index (χ3n) is 3.92. The minimum Gasteiger partial charge on any atom is -0.339 e. The Bertz CT molecular complexity index is 595. The highest BCUT2D eigenvalue weighted by Crippen LogP contribution is 2.33. The van der Waals surface area contributed by atoms with E-state index in [-0.39, 0.29) is 0 Å². The van der Waals surface area contributed by atoms with Crippen LogP contribution in [0.5, 0.6) is 0 Å². The highest BCUT2D eigenvalue weighted by atomic mass is 32.2. The van der Waals surface area contributed by atoms with Gasteiger partial charge in [0, 0.05) is 17.4 Å².